The Morgan fingerprint density at radius 1 is 0.426 bits per heavy atom. The van der Waals surface area contributed by atoms with Crippen molar-refractivity contribution in [3.05, 3.63) is 163 Å². The maximum Gasteiger partial charge on any atom is 0.0992 e. The van der Waals surface area contributed by atoms with E-state index >= 15 is 0 Å². The van der Waals surface area contributed by atoms with Crippen molar-refractivity contribution in [2.45, 2.75) is 0 Å². The minimum atomic E-state index is 0.595. The molecule has 0 saturated heterocycles. The highest BCUT2D eigenvalue weighted by molar-refractivity contribution is 6.11. The topological polar surface area (TPSA) is 78.3 Å². The monoisotopic (exact) mass is 599 g/mol. The smallest absolute Gasteiger partial charge is 0.0992 e. The molecule has 0 aliphatic carbocycles. The Morgan fingerprint density at radius 2 is 0.851 bits per heavy atom. The van der Waals surface area contributed by atoms with E-state index in [1.165, 1.54) is 10.8 Å². The van der Waals surface area contributed by atoms with Gasteiger partial charge in [0.1, 0.15) is 0 Å². The highest BCUT2D eigenvalue weighted by Crippen LogP contribution is 2.37. The van der Waals surface area contributed by atoms with E-state index in [0.717, 1.165) is 61.5 Å². The molecule has 0 fully saturated rings. The number of rotatable bonds is 5. The van der Waals surface area contributed by atoms with Crippen molar-refractivity contribution in [2.24, 2.45) is 0 Å². The molecule has 5 aromatic carbocycles. The summed E-state index contributed by atoms with van der Waals surface area (Å²) in [5.41, 5.74) is 12.5. The zero-order valence-electron chi connectivity index (χ0n) is 25.2. The van der Waals surface area contributed by atoms with Crippen molar-refractivity contribution in [1.82, 2.24) is 14.5 Å². The molecule has 3 heterocycles. The lowest BCUT2D eigenvalue weighted by Gasteiger charge is -2.10. The first-order valence-corrected chi connectivity index (χ1v) is 15.3. The van der Waals surface area contributed by atoms with E-state index in [-0.39, 0.29) is 0 Å². The molecule has 0 saturated carbocycles. The number of nitrogens with zero attached hydrogens (tertiary/aromatic N) is 5. The Bertz CT molecular complexity index is 2360. The molecule has 0 atom stereocenters. The minimum absolute atomic E-state index is 0.595. The number of benzene rings is 5. The fourth-order valence-electron chi connectivity index (χ4n) is 6.22. The maximum absolute atomic E-state index is 9.29. The van der Waals surface area contributed by atoms with Crippen molar-refractivity contribution in [1.29, 1.82) is 10.5 Å². The number of pyridine rings is 2. The summed E-state index contributed by atoms with van der Waals surface area (Å²) >= 11 is 0. The van der Waals surface area contributed by atoms with E-state index in [9.17, 15) is 10.5 Å². The van der Waals surface area contributed by atoms with Crippen molar-refractivity contribution in [2.75, 3.05) is 0 Å². The fourth-order valence-corrected chi connectivity index (χ4v) is 6.22. The quantitative estimate of drug-likeness (QED) is 0.197. The molecule has 0 N–H and O–H groups in total. The molecule has 0 unspecified atom stereocenters. The molecule has 5 nitrogen and oxygen atoms in total. The van der Waals surface area contributed by atoms with Gasteiger partial charge in [0, 0.05) is 40.0 Å². The fraction of sp³-hybridized carbons (Fsp3) is 0. The van der Waals surface area contributed by atoms with Crippen LogP contribution in [0.2, 0.25) is 0 Å². The average Bonchev–Trinajstić information content (AvgIpc) is 3.48. The third kappa shape index (κ3) is 5.09. The summed E-state index contributed by atoms with van der Waals surface area (Å²) in [5.74, 6) is 0. The first-order valence-electron chi connectivity index (χ1n) is 15.3. The van der Waals surface area contributed by atoms with Gasteiger partial charge in [0.15, 0.2) is 0 Å². The third-order valence-corrected chi connectivity index (χ3v) is 8.59. The van der Waals surface area contributed by atoms with Gasteiger partial charge >= 0.3 is 0 Å². The lowest BCUT2D eigenvalue weighted by atomic mass is 9.99. The van der Waals surface area contributed by atoms with E-state index < -0.39 is 0 Å². The zero-order valence-corrected chi connectivity index (χ0v) is 25.2. The first kappa shape index (κ1) is 27.7. The number of hydrogen-bond acceptors (Lipinski definition) is 4. The van der Waals surface area contributed by atoms with Gasteiger partial charge in [-0.15, -0.1) is 0 Å². The normalized spacial score (nSPS) is 10.9. The lowest BCUT2D eigenvalue weighted by Crippen LogP contribution is -1.94. The zero-order chi connectivity index (χ0) is 31.7. The summed E-state index contributed by atoms with van der Waals surface area (Å²) in [6.45, 7) is 0. The number of nitriles is 2. The third-order valence-electron chi connectivity index (χ3n) is 8.59. The second-order valence-corrected chi connectivity index (χ2v) is 11.4. The van der Waals surface area contributed by atoms with Gasteiger partial charge in [-0.25, -0.2) is 0 Å². The van der Waals surface area contributed by atoms with Gasteiger partial charge in [-0.3, -0.25) is 9.97 Å². The summed E-state index contributed by atoms with van der Waals surface area (Å²) in [6, 6.07) is 51.9. The van der Waals surface area contributed by atoms with Crippen LogP contribution < -0.4 is 0 Å². The molecule has 0 spiro atoms. The molecule has 0 aliphatic heterocycles. The molecule has 5 heteroatoms. The molecular formula is C42H25N5. The molecule has 3 aromatic heterocycles. The Balaban J connectivity index is 1.21. The van der Waals surface area contributed by atoms with Gasteiger partial charge in [-0.2, -0.15) is 10.5 Å². The van der Waals surface area contributed by atoms with Crippen LogP contribution in [0.1, 0.15) is 11.1 Å². The number of hydrogen-bond donors (Lipinski definition) is 0. The van der Waals surface area contributed by atoms with Gasteiger partial charge in [-0.05, 0) is 70.8 Å². The van der Waals surface area contributed by atoms with Crippen LogP contribution in [0.25, 0.3) is 72.3 Å². The first-order chi connectivity index (χ1) is 23.2. The number of fused-ring (bicyclic) bond motifs is 3. The highest BCUT2D eigenvalue weighted by atomic mass is 15.0. The van der Waals surface area contributed by atoms with Gasteiger partial charge in [0.25, 0.3) is 0 Å². The summed E-state index contributed by atoms with van der Waals surface area (Å²) in [4.78, 5) is 8.91. The highest BCUT2D eigenvalue weighted by Gasteiger charge is 2.15. The lowest BCUT2D eigenvalue weighted by molar-refractivity contribution is 1.18. The van der Waals surface area contributed by atoms with Crippen LogP contribution in [-0.2, 0) is 0 Å². The standard InChI is InChI=1S/C42H25N5/c43-26-28-18-20-45-39(22-28)32-10-6-30(7-11-32)34-14-16-37-38-17-15-35(25-42(38)47(41(37)24-34)36-4-2-1-3-5-36)31-8-12-33(13-9-31)40-23-29(27-44)19-21-46-40/h1-25H. The van der Waals surface area contributed by atoms with E-state index in [0.29, 0.717) is 11.1 Å². The minimum Gasteiger partial charge on any atom is -0.309 e. The Labute approximate surface area is 271 Å². The van der Waals surface area contributed by atoms with E-state index in [1.807, 2.05) is 18.2 Å². The van der Waals surface area contributed by atoms with Crippen LogP contribution >= 0.6 is 0 Å². The molecule has 0 radical (unpaired) electrons. The predicted octanol–water partition coefficient (Wildman–Crippen LogP) is 9.99. The van der Waals surface area contributed by atoms with Crippen LogP contribution in [0, 0.1) is 22.7 Å². The predicted molar refractivity (Wildman–Crippen MR) is 188 cm³/mol. The molecule has 218 valence electrons. The largest absolute Gasteiger partial charge is 0.309 e. The molecule has 47 heavy (non-hydrogen) atoms. The molecule has 8 aromatic rings. The van der Waals surface area contributed by atoms with Crippen molar-refractivity contribution in [3.8, 4) is 62.6 Å². The van der Waals surface area contributed by atoms with Crippen molar-refractivity contribution < 1.29 is 0 Å². The summed E-state index contributed by atoms with van der Waals surface area (Å²) in [5, 5.41) is 21.0. The van der Waals surface area contributed by atoms with E-state index in [4.69, 9.17) is 0 Å². The van der Waals surface area contributed by atoms with Gasteiger partial charge in [-0.1, -0.05) is 91.0 Å². The number of aromatic nitrogens is 3. The van der Waals surface area contributed by atoms with E-state index in [2.05, 4.69) is 136 Å². The van der Waals surface area contributed by atoms with Crippen LogP contribution in [0.15, 0.2) is 152 Å². The van der Waals surface area contributed by atoms with Gasteiger partial charge in [0.2, 0.25) is 0 Å². The summed E-state index contributed by atoms with van der Waals surface area (Å²) in [6.07, 6.45) is 3.35. The molecule has 8 rings (SSSR count). The average molecular weight is 600 g/mol. The number of para-hydroxylation sites is 1. The Hall–Kier alpha value is -6.82. The molecular weight excluding hydrogens is 574 g/mol. The van der Waals surface area contributed by atoms with Crippen LogP contribution in [0.3, 0.4) is 0 Å². The maximum atomic E-state index is 9.29. The molecule has 0 bridgehead atoms. The van der Waals surface area contributed by atoms with Crippen molar-refractivity contribution in [3.63, 3.8) is 0 Å². The van der Waals surface area contributed by atoms with Crippen LogP contribution in [0.5, 0.6) is 0 Å². The van der Waals surface area contributed by atoms with Crippen LogP contribution in [0.4, 0.5) is 0 Å². The van der Waals surface area contributed by atoms with Crippen LogP contribution in [-0.4, -0.2) is 14.5 Å². The SMILES string of the molecule is N#Cc1ccnc(-c2ccc(-c3ccc4c5ccc(-c6ccc(-c7cc(C#N)ccn7)cc6)cc5n(-c5ccccc5)c4c3)cc2)c1. The summed E-state index contributed by atoms with van der Waals surface area (Å²) in [7, 11) is 0. The second-order valence-electron chi connectivity index (χ2n) is 11.4. The van der Waals surface area contributed by atoms with Gasteiger partial charge < -0.3 is 4.57 Å². The second kappa shape index (κ2) is 11.6. The van der Waals surface area contributed by atoms with E-state index in [1.54, 1.807) is 24.5 Å². The molecule has 0 amide bonds. The Morgan fingerprint density at radius 3 is 1.30 bits per heavy atom. The summed E-state index contributed by atoms with van der Waals surface area (Å²) < 4.78 is 2.34. The van der Waals surface area contributed by atoms with Crippen molar-refractivity contribution >= 4 is 21.8 Å². The molecule has 0 aliphatic rings. The Kier molecular flexibility index (Phi) is 6.84. The van der Waals surface area contributed by atoms with Gasteiger partial charge in [0.05, 0.1) is 45.7 Å².